The van der Waals surface area contributed by atoms with Crippen LogP contribution in [-0.4, -0.2) is 52.4 Å². The fraction of sp³-hybridized carbons (Fsp3) is 0.250. The van der Waals surface area contributed by atoms with Gasteiger partial charge < -0.3 is 25.6 Å². The molecule has 0 radical (unpaired) electrons. The van der Waals surface area contributed by atoms with E-state index in [2.05, 4.69) is 27.8 Å². The third-order valence-electron chi connectivity index (χ3n) is 5.56. The largest absolute Gasteiger partial charge is 0.480 e. The second kappa shape index (κ2) is 10.0. The highest BCUT2D eigenvalue weighted by Gasteiger charge is 2.29. The van der Waals surface area contributed by atoms with Crippen LogP contribution >= 0.6 is 11.3 Å². The molecule has 0 aliphatic heterocycles. The number of carbonyl (C=O) groups excluding carboxylic acids is 2. The number of benzene rings is 2. The van der Waals surface area contributed by atoms with Crippen LogP contribution in [0.5, 0.6) is 0 Å². The molecule has 10 heteroatoms. The molecule has 176 valence electrons. The number of ether oxygens (including phenoxy) is 1. The number of alkyl carbamates (subject to hydrolysis) is 1. The van der Waals surface area contributed by atoms with Gasteiger partial charge in [0.1, 0.15) is 16.5 Å². The van der Waals surface area contributed by atoms with Gasteiger partial charge >= 0.3 is 12.1 Å². The van der Waals surface area contributed by atoms with E-state index in [4.69, 9.17) is 14.9 Å². The van der Waals surface area contributed by atoms with E-state index in [1.165, 1.54) is 0 Å². The number of hydrogen-bond acceptors (Lipinski definition) is 7. The fourth-order valence-electron chi connectivity index (χ4n) is 3.95. The van der Waals surface area contributed by atoms with Crippen molar-refractivity contribution in [2.45, 2.75) is 25.4 Å². The van der Waals surface area contributed by atoms with E-state index in [-0.39, 0.29) is 23.9 Å². The highest BCUT2D eigenvalue weighted by molar-refractivity contribution is 7.13. The van der Waals surface area contributed by atoms with Crippen LogP contribution in [0.2, 0.25) is 0 Å². The predicted octanol–water partition coefficient (Wildman–Crippen LogP) is 2.67. The van der Waals surface area contributed by atoms with Crippen molar-refractivity contribution in [3.63, 3.8) is 0 Å². The lowest BCUT2D eigenvalue weighted by Gasteiger charge is -2.14. The number of amides is 2. The molecule has 0 fully saturated rings. The number of aliphatic hydroxyl groups is 1. The molecule has 4 N–H and O–H groups in total. The predicted molar refractivity (Wildman–Crippen MR) is 125 cm³/mol. The zero-order chi connectivity index (χ0) is 24.2. The molecule has 2 aromatic carbocycles. The number of aromatic nitrogens is 1. The molecule has 34 heavy (non-hydrogen) atoms. The minimum Gasteiger partial charge on any atom is -0.480 e. The first-order valence-electron chi connectivity index (χ1n) is 10.6. The summed E-state index contributed by atoms with van der Waals surface area (Å²) in [7, 11) is 0. The van der Waals surface area contributed by atoms with E-state index in [0.717, 1.165) is 33.6 Å². The molecular formula is C24H23N3O6S. The van der Waals surface area contributed by atoms with Crippen molar-refractivity contribution >= 4 is 29.3 Å². The van der Waals surface area contributed by atoms with Gasteiger partial charge in [-0.25, -0.2) is 14.6 Å². The van der Waals surface area contributed by atoms with Crippen LogP contribution in [0.15, 0.2) is 48.5 Å². The molecule has 9 nitrogen and oxygen atoms in total. The number of rotatable bonds is 8. The van der Waals surface area contributed by atoms with Gasteiger partial charge in [0, 0.05) is 5.92 Å². The number of carboxylic acids is 1. The van der Waals surface area contributed by atoms with Crippen LogP contribution in [-0.2, 0) is 16.1 Å². The number of aryl methyl sites for hydroxylation is 1. The molecule has 0 saturated heterocycles. The fourth-order valence-corrected chi connectivity index (χ4v) is 4.85. The monoisotopic (exact) mass is 481 g/mol. The minimum atomic E-state index is -1.41. The highest BCUT2D eigenvalue weighted by atomic mass is 32.1. The maximum absolute atomic E-state index is 12.4. The zero-order valence-corrected chi connectivity index (χ0v) is 19.1. The van der Waals surface area contributed by atoms with Gasteiger partial charge in [-0.2, -0.15) is 0 Å². The van der Waals surface area contributed by atoms with Crippen molar-refractivity contribution in [1.29, 1.82) is 0 Å². The second-order valence-corrected chi connectivity index (χ2v) is 8.83. The summed E-state index contributed by atoms with van der Waals surface area (Å²) in [6.45, 7) is 1.12. The molecule has 0 unspecified atom stereocenters. The van der Waals surface area contributed by atoms with Gasteiger partial charge in [-0.05, 0) is 29.2 Å². The quantitative estimate of drug-likeness (QED) is 0.388. The first-order chi connectivity index (χ1) is 16.4. The van der Waals surface area contributed by atoms with Crippen LogP contribution < -0.4 is 10.6 Å². The van der Waals surface area contributed by atoms with Gasteiger partial charge in [0.15, 0.2) is 6.04 Å². The molecule has 1 atom stereocenters. The van der Waals surface area contributed by atoms with Gasteiger partial charge in [0.2, 0.25) is 0 Å². The summed E-state index contributed by atoms with van der Waals surface area (Å²) in [6, 6.07) is 14.7. The van der Waals surface area contributed by atoms with Crippen LogP contribution in [0, 0.1) is 6.92 Å². The molecule has 1 aliphatic carbocycles. The van der Waals surface area contributed by atoms with E-state index >= 15 is 0 Å². The van der Waals surface area contributed by atoms with Gasteiger partial charge in [0.25, 0.3) is 5.91 Å². The lowest BCUT2D eigenvalue weighted by Crippen LogP contribution is -2.43. The van der Waals surface area contributed by atoms with E-state index in [0.29, 0.717) is 10.7 Å². The Morgan fingerprint density at radius 1 is 1.09 bits per heavy atom. The molecule has 0 spiro atoms. The van der Waals surface area contributed by atoms with E-state index < -0.39 is 30.6 Å². The first kappa shape index (κ1) is 23.4. The Bertz CT molecular complexity index is 1200. The SMILES string of the molecule is Cc1nc(CNC(=O)OCC2c3ccccc3-c3ccccc32)sc1C(=O)N[C@H](CO)C(=O)O. The highest BCUT2D eigenvalue weighted by Crippen LogP contribution is 2.44. The van der Waals surface area contributed by atoms with E-state index in [1.807, 2.05) is 36.4 Å². The summed E-state index contributed by atoms with van der Waals surface area (Å²) in [5.74, 6) is -2.04. The van der Waals surface area contributed by atoms with Crippen molar-refractivity contribution in [3.05, 3.63) is 75.2 Å². The van der Waals surface area contributed by atoms with Crippen LogP contribution in [0.1, 0.15) is 37.4 Å². The normalized spacial score (nSPS) is 13.0. The number of fused-ring (bicyclic) bond motifs is 3. The Labute approximate surface area is 199 Å². The van der Waals surface area contributed by atoms with Crippen molar-refractivity contribution in [1.82, 2.24) is 15.6 Å². The number of aliphatic carboxylic acids is 1. The average Bonchev–Trinajstić information content (AvgIpc) is 3.37. The number of nitrogens with one attached hydrogen (secondary N) is 2. The summed E-state index contributed by atoms with van der Waals surface area (Å²) in [6.07, 6.45) is -0.605. The molecule has 3 aromatic rings. The van der Waals surface area contributed by atoms with Gasteiger partial charge in [-0.3, -0.25) is 4.79 Å². The number of nitrogens with zero attached hydrogens (tertiary/aromatic N) is 1. The lowest BCUT2D eigenvalue weighted by atomic mass is 9.98. The number of carbonyl (C=O) groups is 3. The zero-order valence-electron chi connectivity index (χ0n) is 18.3. The molecule has 1 heterocycles. The van der Waals surface area contributed by atoms with Gasteiger partial charge in [-0.1, -0.05) is 48.5 Å². The summed E-state index contributed by atoms with van der Waals surface area (Å²) in [4.78, 5) is 40.1. The van der Waals surface area contributed by atoms with Crippen molar-refractivity contribution in [3.8, 4) is 11.1 Å². The third kappa shape index (κ3) is 4.78. The van der Waals surface area contributed by atoms with Crippen LogP contribution in [0.4, 0.5) is 4.79 Å². The number of aliphatic hydroxyl groups excluding tert-OH is 1. The van der Waals surface area contributed by atoms with Crippen LogP contribution in [0.25, 0.3) is 11.1 Å². The Morgan fingerprint density at radius 2 is 1.71 bits per heavy atom. The molecular weight excluding hydrogens is 458 g/mol. The maximum atomic E-state index is 12.4. The standard InChI is InChI=1S/C24H23N3O6S/c1-13-21(22(29)27-19(11-28)23(30)31)34-20(26-13)10-25-24(32)33-12-18-16-8-4-2-6-14(16)15-7-3-5-9-17(15)18/h2-9,18-19,28H,10-12H2,1H3,(H,25,32)(H,27,29)(H,30,31)/t19-/m1/s1. The molecule has 0 saturated carbocycles. The van der Waals surface area contributed by atoms with Crippen molar-refractivity contribution in [2.24, 2.45) is 0 Å². The first-order valence-corrected chi connectivity index (χ1v) is 11.4. The molecule has 4 rings (SSSR count). The maximum Gasteiger partial charge on any atom is 0.407 e. The number of carboxylic acid groups (broad SMARTS) is 1. The second-order valence-electron chi connectivity index (χ2n) is 7.75. The molecule has 0 bridgehead atoms. The summed E-state index contributed by atoms with van der Waals surface area (Å²) in [5, 5.41) is 23.4. The van der Waals surface area contributed by atoms with Gasteiger partial charge in [0.05, 0.1) is 18.8 Å². The number of thiazole rings is 1. The van der Waals surface area contributed by atoms with Crippen molar-refractivity contribution < 1.29 is 29.3 Å². The smallest absolute Gasteiger partial charge is 0.407 e. The van der Waals surface area contributed by atoms with Crippen LogP contribution in [0.3, 0.4) is 0 Å². The Hall–Kier alpha value is -3.76. The Balaban J connectivity index is 1.34. The molecule has 2 amide bonds. The summed E-state index contributed by atoms with van der Waals surface area (Å²) >= 11 is 1.03. The lowest BCUT2D eigenvalue weighted by molar-refractivity contribution is -0.140. The van der Waals surface area contributed by atoms with E-state index in [9.17, 15) is 14.4 Å². The Kier molecular flexibility index (Phi) is 6.90. The van der Waals surface area contributed by atoms with Crippen molar-refractivity contribution in [2.75, 3.05) is 13.2 Å². The summed E-state index contributed by atoms with van der Waals surface area (Å²) < 4.78 is 5.49. The van der Waals surface area contributed by atoms with Gasteiger partial charge in [-0.15, -0.1) is 11.3 Å². The Morgan fingerprint density at radius 3 is 2.29 bits per heavy atom. The minimum absolute atomic E-state index is 0.0516. The topological polar surface area (TPSA) is 138 Å². The number of hydrogen-bond donors (Lipinski definition) is 4. The third-order valence-corrected chi connectivity index (χ3v) is 6.72. The van der Waals surface area contributed by atoms with E-state index in [1.54, 1.807) is 6.92 Å². The molecule has 1 aromatic heterocycles. The molecule has 1 aliphatic rings. The average molecular weight is 482 g/mol. The summed E-state index contributed by atoms with van der Waals surface area (Å²) in [5.41, 5.74) is 4.91.